The second-order valence-electron chi connectivity index (χ2n) is 4.22. The van der Waals surface area contributed by atoms with Crippen molar-refractivity contribution < 1.29 is 8.42 Å². The Hall–Kier alpha value is -1.17. The Morgan fingerprint density at radius 3 is 2.20 bits per heavy atom. The van der Waals surface area contributed by atoms with Crippen LogP contribution in [0.2, 0.25) is 5.02 Å². The highest BCUT2D eigenvalue weighted by Crippen LogP contribution is 2.19. The van der Waals surface area contributed by atoms with Crippen LogP contribution in [-0.2, 0) is 15.8 Å². The summed E-state index contributed by atoms with van der Waals surface area (Å²) < 4.78 is 26.7. The fourth-order valence-corrected chi connectivity index (χ4v) is 3.41. The number of hydrogen-bond acceptors (Lipinski definition) is 3. The number of benzene rings is 2. The molecule has 0 heterocycles. The lowest BCUT2D eigenvalue weighted by Crippen LogP contribution is -2.14. The van der Waals surface area contributed by atoms with Crippen LogP contribution in [0.25, 0.3) is 0 Å². The van der Waals surface area contributed by atoms with E-state index in [-0.39, 0.29) is 5.75 Å². The van der Waals surface area contributed by atoms with Crippen molar-refractivity contribution in [3.63, 3.8) is 0 Å². The number of sulfonamides is 1. The van der Waals surface area contributed by atoms with Gasteiger partial charge in [-0.3, -0.25) is 4.72 Å². The summed E-state index contributed by atoms with van der Waals surface area (Å²) >= 11 is 7.38. The van der Waals surface area contributed by atoms with E-state index in [1.54, 1.807) is 48.2 Å². The van der Waals surface area contributed by atoms with E-state index in [2.05, 4.69) is 4.72 Å². The molecule has 0 unspecified atom stereocenters. The highest BCUT2D eigenvalue weighted by atomic mass is 35.5. The fraction of sp³-hybridized carbons (Fsp3) is 0.143. The van der Waals surface area contributed by atoms with Gasteiger partial charge in [-0.1, -0.05) is 23.7 Å². The monoisotopic (exact) mass is 327 g/mol. The van der Waals surface area contributed by atoms with Crippen LogP contribution in [0.4, 0.5) is 5.69 Å². The molecule has 0 saturated carbocycles. The van der Waals surface area contributed by atoms with Crippen molar-refractivity contribution in [2.45, 2.75) is 10.6 Å². The van der Waals surface area contributed by atoms with Crippen molar-refractivity contribution in [3.05, 3.63) is 59.1 Å². The van der Waals surface area contributed by atoms with E-state index in [9.17, 15) is 8.42 Å². The minimum atomic E-state index is -3.42. The zero-order valence-corrected chi connectivity index (χ0v) is 13.2. The van der Waals surface area contributed by atoms with E-state index in [0.717, 1.165) is 4.90 Å². The molecule has 0 spiro atoms. The molecule has 0 fully saturated rings. The molecule has 2 rings (SSSR count). The normalized spacial score (nSPS) is 11.3. The molecular weight excluding hydrogens is 314 g/mol. The lowest BCUT2D eigenvalue weighted by Gasteiger charge is -2.08. The first kappa shape index (κ1) is 15.2. The molecule has 0 aliphatic carbocycles. The molecular formula is C14H14ClNO2S2. The van der Waals surface area contributed by atoms with Crippen LogP contribution in [0.5, 0.6) is 0 Å². The van der Waals surface area contributed by atoms with Crippen LogP contribution in [0.3, 0.4) is 0 Å². The van der Waals surface area contributed by atoms with Gasteiger partial charge in [0.05, 0.1) is 5.75 Å². The standard InChI is InChI=1S/C14H14ClNO2S2/c1-19-14-8-6-13(7-9-14)16-20(17,18)10-11-2-4-12(15)5-3-11/h2-9,16H,10H2,1H3. The summed E-state index contributed by atoms with van der Waals surface area (Å²) in [6, 6.07) is 14.0. The maximum atomic E-state index is 12.1. The average molecular weight is 328 g/mol. The molecule has 2 aromatic carbocycles. The number of rotatable bonds is 5. The van der Waals surface area contributed by atoms with Crippen molar-refractivity contribution in [2.24, 2.45) is 0 Å². The van der Waals surface area contributed by atoms with E-state index >= 15 is 0 Å². The summed E-state index contributed by atoms with van der Waals surface area (Å²) in [7, 11) is -3.42. The highest BCUT2D eigenvalue weighted by molar-refractivity contribution is 7.98. The second-order valence-corrected chi connectivity index (χ2v) is 7.25. The summed E-state index contributed by atoms with van der Waals surface area (Å²) in [6.07, 6.45) is 1.97. The highest BCUT2D eigenvalue weighted by Gasteiger charge is 2.11. The van der Waals surface area contributed by atoms with Crippen LogP contribution in [0, 0.1) is 0 Å². The predicted octanol–water partition coefficient (Wildman–Crippen LogP) is 4.00. The molecule has 106 valence electrons. The van der Waals surface area contributed by atoms with Crippen molar-refractivity contribution in [3.8, 4) is 0 Å². The van der Waals surface area contributed by atoms with Gasteiger partial charge in [-0.2, -0.15) is 0 Å². The third kappa shape index (κ3) is 4.44. The molecule has 0 bridgehead atoms. The summed E-state index contributed by atoms with van der Waals surface area (Å²) in [5.74, 6) is -0.0750. The van der Waals surface area contributed by atoms with Crippen molar-refractivity contribution >= 4 is 39.1 Å². The molecule has 0 radical (unpaired) electrons. The first-order chi connectivity index (χ1) is 9.48. The van der Waals surface area contributed by atoms with Gasteiger partial charge in [-0.05, 0) is 48.2 Å². The Morgan fingerprint density at radius 1 is 1.05 bits per heavy atom. The molecule has 20 heavy (non-hydrogen) atoms. The van der Waals surface area contributed by atoms with Crippen molar-refractivity contribution in [1.82, 2.24) is 0 Å². The van der Waals surface area contributed by atoms with E-state index in [1.807, 2.05) is 18.4 Å². The average Bonchev–Trinajstić information content (AvgIpc) is 2.41. The molecule has 0 aromatic heterocycles. The predicted molar refractivity (Wildman–Crippen MR) is 85.9 cm³/mol. The lowest BCUT2D eigenvalue weighted by atomic mass is 10.2. The quantitative estimate of drug-likeness (QED) is 0.844. The summed E-state index contributed by atoms with van der Waals surface area (Å²) in [4.78, 5) is 1.09. The van der Waals surface area contributed by atoms with Crippen molar-refractivity contribution in [1.29, 1.82) is 0 Å². The smallest absolute Gasteiger partial charge is 0.236 e. The van der Waals surface area contributed by atoms with Gasteiger partial charge in [0, 0.05) is 15.6 Å². The zero-order chi connectivity index (χ0) is 14.6. The Morgan fingerprint density at radius 2 is 1.65 bits per heavy atom. The third-order valence-electron chi connectivity index (χ3n) is 2.63. The molecule has 2 aromatic rings. The SMILES string of the molecule is CSc1ccc(NS(=O)(=O)Cc2ccc(Cl)cc2)cc1. The Bertz CT molecular complexity index is 667. The maximum Gasteiger partial charge on any atom is 0.236 e. The van der Waals surface area contributed by atoms with E-state index in [4.69, 9.17) is 11.6 Å². The topological polar surface area (TPSA) is 46.2 Å². The minimum absolute atomic E-state index is 0.0750. The minimum Gasteiger partial charge on any atom is -0.283 e. The summed E-state index contributed by atoms with van der Waals surface area (Å²) in [5.41, 5.74) is 1.26. The molecule has 0 amide bonds. The van der Waals surface area contributed by atoms with Crippen LogP contribution in [-0.4, -0.2) is 14.7 Å². The molecule has 0 aliphatic rings. The molecule has 1 N–H and O–H groups in total. The lowest BCUT2D eigenvalue weighted by molar-refractivity contribution is 0.600. The van der Waals surface area contributed by atoms with Gasteiger partial charge in [0.1, 0.15) is 0 Å². The summed E-state index contributed by atoms with van der Waals surface area (Å²) in [5, 5.41) is 0.590. The van der Waals surface area contributed by atoms with Gasteiger partial charge in [-0.15, -0.1) is 11.8 Å². The molecule has 0 aliphatic heterocycles. The summed E-state index contributed by atoms with van der Waals surface area (Å²) in [6.45, 7) is 0. The zero-order valence-electron chi connectivity index (χ0n) is 10.8. The Kier molecular flexibility index (Phi) is 4.96. The van der Waals surface area contributed by atoms with Gasteiger partial charge >= 0.3 is 0 Å². The van der Waals surface area contributed by atoms with Gasteiger partial charge in [-0.25, -0.2) is 8.42 Å². The first-order valence-electron chi connectivity index (χ1n) is 5.87. The van der Waals surface area contributed by atoms with Crippen LogP contribution >= 0.6 is 23.4 Å². The first-order valence-corrected chi connectivity index (χ1v) is 9.13. The van der Waals surface area contributed by atoms with Gasteiger partial charge in [0.25, 0.3) is 0 Å². The van der Waals surface area contributed by atoms with E-state index in [0.29, 0.717) is 16.3 Å². The van der Waals surface area contributed by atoms with Crippen LogP contribution in [0.15, 0.2) is 53.4 Å². The number of anilines is 1. The fourth-order valence-electron chi connectivity index (χ4n) is 1.67. The van der Waals surface area contributed by atoms with Crippen LogP contribution in [0.1, 0.15) is 5.56 Å². The van der Waals surface area contributed by atoms with Crippen LogP contribution < -0.4 is 4.72 Å². The van der Waals surface area contributed by atoms with Crippen molar-refractivity contribution in [2.75, 3.05) is 11.0 Å². The molecule has 6 heteroatoms. The number of halogens is 1. The van der Waals surface area contributed by atoms with E-state index in [1.165, 1.54) is 0 Å². The largest absolute Gasteiger partial charge is 0.283 e. The van der Waals surface area contributed by atoms with Gasteiger partial charge in [0.2, 0.25) is 10.0 Å². The maximum absolute atomic E-state index is 12.1. The number of thioether (sulfide) groups is 1. The molecule has 3 nitrogen and oxygen atoms in total. The van der Waals surface area contributed by atoms with Gasteiger partial charge < -0.3 is 0 Å². The second kappa shape index (κ2) is 6.52. The Labute approximate surface area is 128 Å². The van der Waals surface area contributed by atoms with Gasteiger partial charge in [0.15, 0.2) is 0 Å². The number of hydrogen-bond donors (Lipinski definition) is 1. The number of nitrogens with one attached hydrogen (secondary N) is 1. The van der Waals surface area contributed by atoms with E-state index < -0.39 is 10.0 Å². The Balaban J connectivity index is 2.08. The molecule has 0 saturated heterocycles. The molecule has 0 atom stereocenters. The third-order valence-corrected chi connectivity index (χ3v) is 4.89.